The van der Waals surface area contributed by atoms with Crippen LogP contribution in [0.4, 0.5) is 0 Å². The Morgan fingerprint density at radius 2 is 2.24 bits per heavy atom. The van der Waals surface area contributed by atoms with Gasteiger partial charge in [0.05, 0.1) is 9.90 Å². The first-order chi connectivity index (χ1) is 8.16. The Bertz CT molecular complexity index is 479. The molecular weight excluding hydrogens is 274 g/mol. The zero-order chi connectivity index (χ0) is 12.3. The fraction of sp³-hybridized carbons (Fsp3) is 0.455. The maximum absolute atomic E-state index is 6.06. The van der Waals surface area contributed by atoms with Crippen LogP contribution in [-0.4, -0.2) is 16.7 Å². The molecule has 17 heavy (non-hydrogen) atoms. The fourth-order valence-corrected chi connectivity index (χ4v) is 3.44. The minimum Gasteiger partial charge on any atom is -0.310 e. The van der Waals surface area contributed by atoms with Gasteiger partial charge in [-0.3, -0.25) is 0 Å². The molecular formula is C11H14ClN3S2. The van der Waals surface area contributed by atoms with Gasteiger partial charge in [0, 0.05) is 6.54 Å². The highest BCUT2D eigenvalue weighted by molar-refractivity contribution is 7.21. The van der Waals surface area contributed by atoms with Crippen molar-refractivity contribution in [3.8, 4) is 9.88 Å². The van der Waals surface area contributed by atoms with Gasteiger partial charge in [0.15, 0.2) is 5.01 Å². The van der Waals surface area contributed by atoms with Crippen molar-refractivity contribution in [3.05, 3.63) is 21.5 Å². The summed E-state index contributed by atoms with van der Waals surface area (Å²) in [5, 5.41) is 16.3. The van der Waals surface area contributed by atoms with Crippen LogP contribution in [0.1, 0.15) is 18.9 Å². The first-order valence-electron chi connectivity index (χ1n) is 5.43. The van der Waals surface area contributed by atoms with E-state index in [1.807, 2.05) is 11.4 Å². The van der Waals surface area contributed by atoms with Crippen molar-refractivity contribution in [1.82, 2.24) is 15.5 Å². The lowest BCUT2D eigenvalue weighted by Gasteiger charge is -2.03. The lowest BCUT2D eigenvalue weighted by Crippen LogP contribution is -2.18. The van der Waals surface area contributed by atoms with E-state index in [0.29, 0.717) is 5.92 Å². The Balaban J connectivity index is 1.99. The molecule has 0 bridgehead atoms. The number of thiophene rings is 1. The van der Waals surface area contributed by atoms with E-state index in [2.05, 4.69) is 29.4 Å². The summed E-state index contributed by atoms with van der Waals surface area (Å²) in [5.74, 6) is 0.647. The van der Waals surface area contributed by atoms with E-state index >= 15 is 0 Å². The molecule has 1 N–H and O–H groups in total. The van der Waals surface area contributed by atoms with Crippen molar-refractivity contribution in [2.24, 2.45) is 5.92 Å². The number of aromatic nitrogens is 2. The van der Waals surface area contributed by atoms with Gasteiger partial charge >= 0.3 is 0 Å². The minimum atomic E-state index is 0.647. The molecule has 0 saturated heterocycles. The maximum Gasteiger partial charge on any atom is 0.159 e. The molecule has 2 heterocycles. The van der Waals surface area contributed by atoms with Crippen LogP contribution in [-0.2, 0) is 6.54 Å². The van der Waals surface area contributed by atoms with Crippen molar-refractivity contribution in [2.45, 2.75) is 20.4 Å². The lowest BCUT2D eigenvalue weighted by molar-refractivity contribution is 0.550. The summed E-state index contributed by atoms with van der Waals surface area (Å²) < 4.78 is 0. The standard InChI is InChI=1S/C11H14ClN3S2/c1-7(2)5-13-6-9-14-15-11(17-9)10-8(12)3-4-16-10/h3-4,7,13H,5-6H2,1-2H3. The fourth-order valence-electron chi connectivity index (χ4n) is 1.33. The second kappa shape index (κ2) is 5.91. The Kier molecular flexibility index (Phi) is 4.50. The van der Waals surface area contributed by atoms with Crippen molar-refractivity contribution < 1.29 is 0 Å². The molecule has 0 amide bonds. The van der Waals surface area contributed by atoms with E-state index in [9.17, 15) is 0 Å². The molecule has 0 fully saturated rings. The van der Waals surface area contributed by atoms with Crippen LogP contribution in [0, 0.1) is 5.92 Å². The van der Waals surface area contributed by atoms with Crippen LogP contribution in [0.2, 0.25) is 5.02 Å². The van der Waals surface area contributed by atoms with Crippen molar-refractivity contribution in [3.63, 3.8) is 0 Å². The van der Waals surface area contributed by atoms with Gasteiger partial charge in [0.1, 0.15) is 5.01 Å². The molecule has 0 aromatic carbocycles. The third-order valence-electron chi connectivity index (χ3n) is 2.11. The van der Waals surface area contributed by atoms with E-state index in [0.717, 1.165) is 33.0 Å². The van der Waals surface area contributed by atoms with Gasteiger partial charge in [-0.05, 0) is 23.9 Å². The van der Waals surface area contributed by atoms with Crippen molar-refractivity contribution >= 4 is 34.3 Å². The molecule has 2 rings (SSSR count). The Morgan fingerprint density at radius 3 is 2.88 bits per heavy atom. The number of nitrogens with one attached hydrogen (secondary N) is 1. The van der Waals surface area contributed by atoms with E-state index in [-0.39, 0.29) is 0 Å². The van der Waals surface area contributed by atoms with Crippen LogP contribution < -0.4 is 5.32 Å². The van der Waals surface area contributed by atoms with E-state index in [4.69, 9.17) is 11.6 Å². The molecule has 0 unspecified atom stereocenters. The average Bonchev–Trinajstić information content (AvgIpc) is 2.86. The summed E-state index contributed by atoms with van der Waals surface area (Å²) in [6.45, 7) is 6.14. The zero-order valence-electron chi connectivity index (χ0n) is 9.74. The normalized spacial score (nSPS) is 11.3. The van der Waals surface area contributed by atoms with Crippen LogP contribution in [0.15, 0.2) is 11.4 Å². The summed E-state index contributed by atoms with van der Waals surface area (Å²) in [6, 6.07) is 1.89. The van der Waals surface area contributed by atoms with Gasteiger partial charge in [-0.25, -0.2) is 0 Å². The summed E-state index contributed by atoms with van der Waals surface area (Å²) in [6.07, 6.45) is 0. The largest absolute Gasteiger partial charge is 0.310 e. The van der Waals surface area contributed by atoms with E-state index in [1.54, 1.807) is 22.7 Å². The molecule has 0 atom stereocenters. The van der Waals surface area contributed by atoms with Crippen molar-refractivity contribution in [1.29, 1.82) is 0 Å². The highest BCUT2D eigenvalue weighted by Crippen LogP contribution is 2.34. The molecule has 0 aliphatic heterocycles. The van der Waals surface area contributed by atoms with Crippen LogP contribution in [0.5, 0.6) is 0 Å². The number of halogens is 1. The monoisotopic (exact) mass is 287 g/mol. The van der Waals surface area contributed by atoms with Gasteiger partial charge in [-0.15, -0.1) is 21.5 Å². The van der Waals surface area contributed by atoms with Crippen molar-refractivity contribution in [2.75, 3.05) is 6.54 Å². The molecule has 2 aromatic rings. The molecule has 0 aliphatic carbocycles. The van der Waals surface area contributed by atoms with Gasteiger partial charge in [-0.1, -0.05) is 36.8 Å². The second-order valence-corrected chi connectivity index (χ2v) is 6.51. The van der Waals surface area contributed by atoms with Crippen LogP contribution in [0.3, 0.4) is 0 Å². The Hall–Kier alpha value is -0.490. The SMILES string of the molecule is CC(C)CNCc1nnc(-c2sccc2Cl)s1. The molecule has 0 spiro atoms. The van der Waals surface area contributed by atoms with Gasteiger partial charge < -0.3 is 5.32 Å². The summed E-state index contributed by atoms with van der Waals surface area (Å²) in [5.41, 5.74) is 0. The predicted molar refractivity (Wildman–Crippen MR) is 74.8 cm³/mol. The molecule has 92 valence electrons. The highest BCUT2D eigenvalue weighted by Gasteiger charge is 2.11. The highest BCUT2D eigenvalue weighted by atomic mass is 35.5. The summed E-state index contributed by atoms with van der Waals surface area (Å²) in [7, 11) is 0. The van der Waals surface area contributed by atoms with E-state index < -0.39 is 0 Å². The lowest BCUT2D eigenvalue weighted by atomic mass is 10.2. The summed E-state index contributed by atoms with van der Waals surface area (Å²) in [4.78, 5) is 1.01. The van der Waals surface area contributed by atoms with Crippen LogP contribution >= 0.6 is 34.3 Å². The number of hydrogen-bond donors (Lipinski definition) is 1. The number of nitrogens with zero attached hydrogens (tertiary/aromatic N) is 2. The van der Waals surface area contributed by atoms with Gasteiger partial charge in [0.25, 0.3) is 0 Å². The average molecular weight is 288 g/mol. The third kappa shape index (κ3) is 3.48. The zero-order valence-corrected chi connectivity index (χ0v) is 12.1. The first-order valence-corrected chi connectivity index (χ1v) is 7.50. The van der Waals surface area contributed by atoms with E-state index in [1.165, 1.54) is 0 Å². The number of rotatable bonds is 5. The number of hydrogen-bond acceptors (Lipinski definition) is 5. The Labute approximate surface area is 114 Å². The topological polar surface area (TPSA) is 37.8 Å². The summed E-state index contributed by atoms with van der Waals surface area (Å²) >= 11 is 9.26. The second-order valence-electron chi connectivity index (χ2n) is 4.12. The maximum atomic E-state index is 6.06. The molecule has 2 aromatic heterocycles. The quantitative estimate of drug-likeness (QED) is 0.912. The first kappa shape index (κ1) is 13.0. The van der Waals surface area contributed by atoms with Gasteiger partial charge in [0.2, 0.25) is 0 Å². The van der Waals surface area contributed by atoms with Crippen LogP contribution in [0.25, 0.3) is 9.88 Å². The third-order valence-corrected chi connectivity index (χ3v) is 4.53. The molecule has 0 radical (unpaired) electrons. The Morgan fingerprint density at radius 1 is 1.41 bits per heavy atom. The minimum absolute atomic E-state index is 0.647. The molecule has 6 heteroatoms. The smallest absolute Gasteiger partial charge is 0.159 e. The van der Waals surface area contributed by atoms with Gasteiger partial charge in [-0.2, -0.15) is 0 Å². The molecule has 0 aliphatic rings. The molecule has 0 saturated carbocycles. The molecule has 3 nitrogen and oxygen atoms in total. The predicted octanol–water partition coefficient (Wildman–Crippen LogP) is 3.67.